The number of anilines is 3. The molecule has 0 radical (unpaired) electrons. The number of hydrogen-bond donors (Lipinski definition) is 2. The minimum Gasteiger partial charge on any atom is -0.469 e. The Bertz CT molecular complexity index is 1140. The van der Waals surface area contributed by atoms with E-state index in [-0.39, 0.29) is 17.7 Å². The molecule has 2 aliphatic heterocycles. The molecule has 0 bridgehead atoms. The number of aromatic nitrogens is 2. The standard InChI is InChI=1S/C21H20N6O2/c22-11-14-16-13-10-15(12-4-2-1-3-5-12)29-21(13)26-19(24)17(16)18(23)25-20(14)27-6-8-28-9-7-27/h1-5,15H,6-10H2,(H2,23,25)(H2,24,26)/t15-/m1/s1. The molecule has 4 N–H and O–H groups in total. The van der Waals surface area contributed by atoms with Gasteiger partial charge in [-0.05, 0) is 5.56 Å². The first-order chi connectivity index (χ1) is 14.2. The molecule has 29 heavy (non-hydrogen) atoms. The van der Waals surface area contributed by atoms with Crippen molar-refractivity contribution in [2.75, 3.05) is 42.7 Å². The molecule has 0 unspecified atom stereocenters. The molecule has 0 spiro atoms. The average molecular weight is 388 g/mol. The number of nitrogens with zero attached hydrogens (tertiary/aromatic N) is 4. The zero-order valence-electron chi connectivity index (χ0n) is 15.8. The number of ether oxygens (including phenoxy) is 2. The average Bonchev–Trinajstić information content (AvgIpc) is 3.18. The second-order valence-electron chi connectivity index (χ2n) is 7.16. The Morgan fingerprint density at radius 3 is 2.48 bits per heavy atom. The van der Waals surface area contributed by atoms with Crippen LogP contribution in [-0.2, 0) is 11.2 Å². The number of nitrogen functional groups attached to an aromatic ring is 2. The predicted octanol–water partition coefficient (Wildman–Crippen LogP) is 2.18. The summed E-state index contributed by atoms with van der Waals surface area (Å²) in [5.41, 5.74) is 14.9. The van der Waals surface area contributed by atoms with E-state index in [1.54, 1.807) is 0 Å². The summed E-state index contributed by atoms with van der Waals surface area (Å²) in [6.07, 6.45) is 0.403. The molecule has 4 heterocycles. The maximum Gasteiger partial charge on any atom is 0.219 e. The van der Waals surface area contributed by atoms with Crippen LogP contribution in [0.4, 0.5) is 17.5 Å². The first-order valence-corrected chi connectivity index (χ1v) is 9.53. The summed E-state index contributed by atoms with van der Waals surface area (Å²) >= 11 is 0. The molecule has 0 amide bonds. The zero-order chi connectivity index (χ0) is 20.0. The Labute approximate surface area is 167 Å². The summed E-state index contributed by atoms with van der Waals surface area (Å²) in [6.45, 7) is 2.47. The largest absolute Gasteiger partial charge is 0.469 e. The van der Waals surface area contributed by atoms with Gasteiger partial charge in [0.1, 0.15) is 35.2 Å². The van der Waals surface area contributed by atoms with Crippen LogP contribution in [0.3, 0.4) is 0 Å². The second-order valence-corrected chi connectivity index (χ2v) is 7.16. The highest BCUT2D eigenvalue weighted by molar-refractivity contribution is 6.06. The van der Waals surface area contributed by atoms with Gasteiger partial charge in [0.05, 0.1) is 18.6 Å². The van der Waals surface area contributed by atoms with E-state index in [1.165, 1.54) is 0 Å². The van der Waals surface area contributed by atoms with Gasteiger partial charge in [0.25, 0.3) is 0 Å². The molecule has 0 aliphatic carbocycles. The Morgan fingerprint density at radius 2 is 1.76 bits per heavy atom. The quantitative estimate of drug-likeness (QED) is 0.685. The number of nitrogens with two attached hydrogens (primary N) is 2. The van der Waals surface area contributed by atoms with E-state index >= 15 is 0 Å². The van der Waals surface area contributed by atoms with Crippen molar-refractivity contribution in [1.82, 2.24) is 9.97 Å². The van der Waals surface area contributed by atoms with Crippen molar-refractivity contribution >= 4 is 28.2 Å². The molecule has 1 atom stereocenters. The lowest BCUT2D eigenvalue weighted by atomic mass is 9.97. The molecule has 8 heteroatoms. The molecule has 0 saturated carbocycles. The molecular formula is C21H20N6O2. The molecule has 1 fully saturated rings. The lowest BCUT2D eigenvalue weighted by molar-refractivity contribution is 0.122. The van der Waals surface area contributed by atoms with Gasteiger partial charge in [-0.15, -0.1) is 0 Å². The van der Waals surface area contributed by atoms with E-state index in [0.717, 1.165) is 11.1 Å². The van der Waals surface area contributed by atoms with Gasteiger partial charge in [-0.3, -0.25) is 0 Å². The fraction of sp³-hybridized carbons (Fsp3) is 0.286. The molecule has 1 aromatic carbocycles. The van der Waals surface area contributed by atoms with E-state index in [9.17, 15) is 5.26 Å². The van der Waals surface area contributed by atoms with Crippen molar-refractivity contribution in [1.29, 1.82) is 5.26 Å². The van der Waals surface area contributed by atoms with Gasteiger partial charge in [0.15, 0.2) is 0 Å². The summed E-state index contributed by atoms with van der Waals surface area (Å²) in [6, 6.07) is 12.3. The van der Waals surface area contributed by atoms with Gasteiger partial charge >= 0.3 is 0 Å². The molecule has 3 aromatic rings. The van der Waals surface area contributed by atoms with Crippen LogP contribution >= 0.6 is 0 Å². The van der Waals surface area contributed by atoms with E-state index in [4.69, 9.17) is 20.9 Å². The van der Waals surface area contributed by atoms with Gasteiger partial charge in [-0.2, -0.15) is 10.2 Å². The maximum atomic E-state index is 10.1. The number of morpholine rings is 1. The van der Waals surface area contributed by atoms with Crippen molar-refractivity contribution in [2.45, 2.75) is 12.5 Å². The predicted molar refractivity (Wildman–Crippen MR) is 110 cm³/mol. The molecular weight excluding hydrogens is 368 g/mol. The summed E-state index contributed by atoms with van der Waals surface area (Å²) in [7, 11) is 0. The minimum atomic E-state index is -0.184. The monoisotopic (exact) mass is 388 g/mol. The number of pyridine rings is 2. The third-order valence-corrected chi connectivity index (χ3v) is 5.48. The summed E-state index contributed by atoms with van der Waals surface area (Å²) in [5.74, 6) is 1.52. The number of hydrogen-bond acceptors (Lipinski definition) is 8. The molecule has 5 rings (SSSR count). The van der Waals surface area contributed by atoms with Crippen molar-refractivity contribution in [2.24, 2.45) is 0 Å². The number of fused-ring (bicyclic) bond motifs is 3. The van der Waals surface area contributed by atoms with E-state index < -0.39 is 0 Å². The molecule has 2 aromatic heterocycles. The van der Waals surface area contributed by atoms with Crippen LogP contribution in [-0.4, -0.2) is 36.3 Å². The van der Waals surface area contributed by atoms with E-state index in [2.05, 4.69) is 16.0 Å². The third-order valence-electron chi connectivity index (χ3n) is 5.48. The van der Waals surface area contributed by atoms with Crippen LogP contribution in [0.1, 0.15) is 22.8 Å². The fourth-order valence-corrected chi connectivity index (χ4v) is 4.10. The topological polar surface area (TPSA) is 123 Å². The smallest absolute Gasteiger partial charge is 0.219 e. The highest BCUT2D eigenvalue weighted by Crippen LogP contribution is 2.44. The Morgan fingerprint density at radius 1 is 1.03 bits per heavy atom. The van der Waals surface area contributed by atoms with Crippen LogP contribution in [0.25, 0.3) is 10.8 Å². The highest BCUT2D eigenvalue weighted by atomic mass is 16.5. The maximum absolute atomic E-state index is 10.1. The fourth-order valence-electron chi connectivity index (χ4n) is 4.10. The normalized spacial score (nSPS) is 18.3. The number of benzene rings is 1. The molecule has 1 saturated heterocycles. The SMILES string of the molecule is N#Cc1c(N2CCOCC2)nc(N)c2c(N)nc3c(c12)C[C@H](c1ccccc1)O3. The van der Waals surface area contributed by atoms with Crippen LogP contribution in [0, 0.1) is 11.3 Å². The second kappa shape index (κ2) is 6.79. The summed E-state index contributed by atoms with van der Waals surface area (Å²) in [4.78, 5) is 11.0. The van der Waals surface area contributed by atoms with Crippen LogP contribution in [0.5, 0.6) is 5.88 Å². The lowest BCUT2D eigenvalue weighted by Gasteiger charge is -2.29. The molecule has 2 aliphatic rings. The zero-order valence-corrected chi connectivity index (χ0v) is 15.8. The van der Waals surface area contributed by atoms with E-state index in [1.807, 2.05) is 35.2 Å². The van der Waals surface area contributed by atoms with Crippen molar-refractivity contribution < 1.29 is 9.47 Å². The number of rotatable bonds is 2. The Hall–Kier alpha value is -3.57. The van der Waals surface area contributed by atoms with Crippen molar-refractivity contribution in [3.05, 3.63) is 47.0 Å². The third kappa shape index (κ3) is 2.79. The Kier molecular flexibility index (Phi) is 4.11. The van der Waals surface area contributed by atoms with E-state index in [0.29, 0.717) is 60.8 Å². The van der Waals surface area contributed by atoms with Crippen LogP contribution < -0.4 is 21.1 Å². The van der Waals surface area contributed by atoms with Gasteiger partial charge in [-0.1, -0.05) is 30.3 Å². The molecule has 8 nitrogen and oxygen atoms in total. The molecule has 146 valence electrons. The van der Waals surface area contributed by atoms with Gasteiger partial charge in [0, 0.05) is 30.5 Å². The Balaban J connectivity index is 1.71. The summed E-state index contributed by atoms with van der Waals surface area (Å²) < 4.78 is 11.5. The lowest BCUT2D eigenvalue weighted by Crippen LogP contribution is -2.37. The van der Waals surface area contributed by atoms with Crippen LogP contribution in [0.15, 0.2) is 30.3 Å². The van der Waals surface area contributed by atoms with Gasteiger partial charge in [0.2, 0.25) is 5.88 Å². The highest BCUT2D eigenvalue weighted by Gasteiger charge is 2.32. The first-order valence-electron chi connectivity index (χ1n) is 9.53. The first kappa shape index (κ1) is 17.5. The van der Waals surface area contributed by atoms with Gasteiger partial charge < -0.3 is 25.8 Å². The van der Waals surface area contributed by atoms with Crippen LogP contribution in [0.2, 0.25) is 0 Å². The van der Waals surface area contributed by atoms with Crippen molar-refractivity contribution in [3.63, 3.8) is 0 Å². The summed E-state index contributed by atoms with van der Waals surface area (Å²) in [5, 5.41) is 11.3. The number of nitriles is 1. The van der Waals surface area contributed by atoms with Gasteiger partial charge in [-0.25, -0.2) is 4.98 Å². The minimum absolute atomic E-state index is 0.184. The van der Waals surface area contributed by atoms with Crippen molar-refractivity contribution in [3.8, 4) is 11.9 Å².